The maximum absolute atomic E-state index is 14.8. The first kappa shape index (κ1) is 25.1. The lowest BCUT2D eigenvalue weighted by molar-refractivity contribution is -0.136. The Morgan fingerprint density at radius 3 is 2.34 bits per heavy atom. The summed E-state index contributed by atoms with van der Waals surface area (Å²) in [6.45, 7) is 3.74. The first-order chi connectivity index (χ1) is 18.6. The highest BCUT2D eigenvalue weighted by atomic mass is 19.1. The highest BCUT2D eigenvalue weighted by Gasteiger charge is 2.36. The average molecular weight is 509 g/mol. The number of aryl methyl sites for hydroxylation is 1. The summed E-state index contributed by atoms with van der Waals surface area (Å²) in [5.74, 6) is -0.141. The van der Waals surface area contributed by atoms with Crippen molar-refractivity contribution in [2.45, 2.75) is 70.5 Å². The molecule has 3 aromatic carbocycles. The minimum Gasteiger partial charge on any atom is -0.333 e. The lowest BCUT2D eigenvalue weighted by Gasteiger charge is -2.42. The van der Waals surface area contributed by atoms with Gasteiger partial charge in [0.15, 0.2) is 0 Å². The van der Waals surface area contributed by atoms with Crippen molar-refractivity contribution >= 4 is 5.91 Å². The molecule has 0 saturated carbocycles. The Labute approximate surface area is 226 Å². The number of nitrogens with zero attached hydrogens (tertiary/aromatic N) is 2. The van der Waals surface area contributed by atoms with E-state index < -0.39 is 0 Å². The van der Waals surface area contributed by atoms with E-state index in [-0.39, 0.29) is 23.8 Å². The number of rotatable bonds is 6. The predicted octanol–water partition coefficient (Wildman–Crippen LogP) is 6.95. The van der Waals surface area contributed by atoms with Crippen molar-refractivity contribution in [3.05, 3.63) is 118 Å². The molecular weight excluding hydrogens is 471 g/mol. The molecule has 3 aliphatic rings. The van der Waals surface area contributed by atoms with E-state index in [9.17, 15) is 9.18 Å². The molecule has 3 nitrogen and oxygen atoms in total. The zero-order valence-corrected chi connectivity index (χ0v) is 22.3. The fourth-order valence-electron chi connectivity index (χ4n) is 6.93. The van der Waals surface area contributed by atoms with E-state index in [1.54, 1.807) is 17.2 Å². The number of fused-ring (bicyclic) bond motifs is 1. The van der Waals surface area contributed by atoms with Crippen molar-refractivity contribution < 1.29 is 9.18 Å². The van der Waals surface area contributed by atoms with Gasteiger partial charge in [-0.1, -0.05) is 72.3 Å². The van der Waals surface area contributed by atoms with Crippen LogP contribution in [0.4, 0.5) is 4.39 Å². The van der Waals surface area contributed by atoms with Crippen LogP contribution in [-0.4, -0.2) is 34.8 Å². The standard InChI is InChI=1S/C34H37FN2O/c1-24-10-2-7-15-30(24)34-31-16-8-5-11-25(31)18-19-36(34)23-33(38)37(22-28-14-6-9-17-32(28)35)29-20-26-12-3-4-13-27(26)21-29/h2-4,6-7,9-10,12-15,17,29,34H,5,8,11,16,18-23H2,1H3. The smallest absolute Gasteiger partial charge is 0.237 e. The summed E-state index contributed by atoms with van der Waals surface area (Å²) in [5.41, 5.74) is 8.95. The quantitative estimate of drug-likeness (QED) is 0.337. The van der Waals surface area contributed by atoms with Gasteiger partial charge in [-0.05, 0) is 85.8 Å². The molecule has 3 aromatic rings. The van der Waals surface area contributed by atoms with E-state index in [2.05, 4.69) is 60.4 Å². The number of halogens is 1. The fraction of sp³-hybridized carbons (Fsp3) is 0.382. The molecule has 196 valence electrons. The maximum Gasteiger partial charge on any atom is 0.237 e. The van der Waals surface area contributed by atoms with E-state index in [1.165, 1.54) is 47.6 Å². The van der Waals surface area contributed by atoms with E-state index >= 15 is 0 Å². The summed E-state index contributed by atoms with van der Waals surface area (Å²) in [4.78, 5) is 18.6. The van der Waals surface area contributed by atoms with Gasteiger partial charge < -0.3 is 4.90 Å². The minimum absolute atomic E-state index is 0.0469. The Bertz CT molecular complexity index is 1340. The molecule has 38 heavy (non-hydrogen) atoms. The van der Waals surface area contributed by atoms with Gasteiger partial charge in [-0.2, -0.15) is 0 Å². The van der Waals surface area contributed by atoms with Crippen LogP contribution < -0.4 is 0 Å². The third-order valence-electron chi connectivity index (χ3n) is 8.94. The van der Waals surface area contributed by atoms with E-state index in [1.807, 2.05) is 17.0 Å². The van der Waals surface area contributed by atoms with Gasteiger partial charge in [0.05, 0.1) is 12.6 Å². The first-order valence-corrected chi connectivity index (χ1v) is 14.2. The molecule has 0 N–H and O–H groups in total. The van der Waals surface area contributed by atoms with Gasteiger partial charge in [0.25, 0.3) is 0 Å². The first-order valence-electron chi connectivity index (χ1n) is 14.2. The molecule has 4 heteroatoms. The lowest BCUT2D eigenvalue weighted by atomic mass is 9.79. The SMILES string of the molecule is Cc1ccccc1C1C2=C(CCCC2)CCN1CC(=O)N(Cc1ccccc1F)C1Cc2ccccc2C1. The number of amides is 1. The van der Waals surface area contributed by atoms with Crippen LogP contribution in [0.3, 0.4) is 0 Å². The third kappa shape index (κ3) is 4.94. The number of hydrogen-bond donors (Lipinski definition) is 0. The third-order valence-corrected chi connectivity index (χ3v) is 8.94. The van der Waals surface area contributed by atoms with Gasteiger partial charge in [-0.15, -0.1) is 0 Å². The molecule has 0 spiro atoms. The van der Waals surface area contributed by atoms with Crippen LogP contribution in [0.25, 0.3) is 0 Å². The Morgan fingerprint density at radius 2 is 1.58 bits per heavy atom. The van der Waals surface area contributed by atoms with Crippen molar-refractivity contribution in [3.8, 4) is 0 Å². The van der Waals surface area contributed by atoms with Crippen LogP contribution in [-0.2, 0) is 24.2 Å². The number of carbonyl (C=O) groups is 1. The normalized spacial score (nSPS) is 19.8. The van der Waals surface area contributed by atoms with Crippen molar-refractivity contribution in [2.75, 3.05) is 13.1 Å². The minimum atomic E-state index is -0.242. The molecule has 0 fully saturated rings. The van der Waals surface area contributed by atoms with Crippen LogP contribution in [0.1, 0.15) is 66.0 Å². The van der Waals surface area contributed by atoms with Crippen LogP contribution in [0.15, 0.2) is 83.9 Å². The molecule has 0 radical (unpaired) electrons. The number of carbonyl (C=O) groups excluding carboxylic acids is 1. The van der Waals surface area contributed by atoms with Crippen molar-refractivity contribution in [3.63, 3.8) is 0 Å². The lowest BCUT2D eigenvalue weighted by Crippen LogP contribution is -2.48. The Morgan fingerprint density at radius 1 is 0.895 bits per heavy atom. The van der Waals surface area contributed by atoms with Crippen LogP contribution in [0.5, 0.6) is 0 Å². The molecule has 1 amide bonds. The highest BCUT2D eigenvalue weighted by Crippen LogP contribution is 2.43. The van der Waals surface area contributed by atoms with Gasteiger partial charge >= 0.3 is 0 Å². The van der Waals surface area contributed by atoms with Gasteiger partial charge in [0.1, 0.15) is 5.82 Å². The molecule has 0 aromatic heterocycles. The molecule has 1 unspecified atom stereocenters. The molecular formula is C34H37FN2O. The monoisotopic (exact) mass is 508 g/mol. The fourth-order valence-corrected chi connectivity index (χ4v) is 6.93. The topological polar surface area (TPSA) is 23.6 Å². The maximum atomic E-state index is 14.8. The van der Waals surface area contributed by atoms with Gasteiger partial charge in [-0.3, -0.25) is 9.69 Å². The molecule has 0 saturated heterocycles. The second-order valence-electron chi connectivity index (χ2n) is 11.3. The summed E-state index contributed by atoms with van der Waals surface area (Å²) in [5, 5.41) is 0. The predicted molar refractivity (Wildman–Crippen MR) is 150 cm³/mol. The molecule has 1 heterocycles. The zero-order chi connectivity index (χ0) is 26.1. The number of hydrogen-bond acceptors (Lipinski definition) is 2. The zero-order valence-electron chi connectivity index (χ0n) is 22.3. The second kappa shape index (κ2) is 10.9. The largest absolute Gasteiger partial charge is 0.333 e. The van der Waals surface area contributed by atoms with Crippen molar-refractivity contribution in [1.82, 2.24) is 9.80 Å². The summed E-state index contributed by atoms with van der Waals surface area (Å²) >= 11 is 0. The Kier molecular flexibility index (Phi) is 7.16. The molecule has 1 atom stereocenters. The van der Waals surface area contributed by atoms with Crippen molar-refractivity contribution in [2.24, 2.45) is 0 Å². The summed E-state index contributed by atoms with van der Waals surface area (Å²) in [6.07, 6.45) is 7.52. The van der Waals surface area contributed by atoms with E-state index in [4.69, 9.17) is 0 Å². The highest BCUT2D eigenvalue weighted by molar-refractivity contribution is 5.79. The van der Waals surface area contributed by atoms with E-state index in [0.717, 1.165) is 32.2 Å². The van der Waals surface area contributed by atoms with Gasteiger partial charge in [0, 0.05) is 24.7 Å². The summed E-state index contributed by atoms with van der Waals surface area (Å²) < 4.78 is 14.8. The Balaban J connectivity index is 1.31. The molecule has 2 aliphatic carbocycles. The summed E-state index contributed by atoms with van der Waals surface area (Å²) in [7, 11) is 0. The summed E-state index contributed by atoms with van der Waals surface area (Å²) in [6, 6.07) is 24.2. The number of benzene rings is 3. The Hall–Kier alpha value is -3.24. The van der Waals surface area contributed by atoms with Crippen molar-refractivity contribution in [1.29, 1.82) is 0 Å². The van der Waals surface area contributed by atoms with Gasteiger partial charge in [-0.25, -0.2) is 4.39 Å². The van der Waals surface area contributed by atoms with Crippen LogP contribution in [0, 0.1) is 12.7 Å². The molecule has 6 rings (SSSR count). The molecule has 0 bridgehead atoms. The second-order valence-corrected chi connectivity index (χ2v) is 11.3. The van der Waals surface area contributed by atoms with Crippen LogP contribution in [0.2, 0.25) is 0 Å². The van der Waals surface area contributed by atoms with Crippen LogP contribution >= 0.6 is 0 Å². The van der Waals surface area contributed by atoms with E-state index in [0.29, 0.717) is 18.7 Å². The molecule has 1 aliphatic heterocycles. The van der Waals surface area contributed by atoms with Gasteiger partial charge in [0.2, 0.25) is 5.91 Å². The average Bonchev–Trinajstić information content (AvgIpc) is 3.37.